The molecule has 1 aliphatic carbocycles. The summed E-state index contributed by atoms with van der Waals surface area (Å²) in [6, 6.07) is 9.30. The first-order chi connectivity index (χ1) is 10.4. The highest BCUT2D eigenvalue weighted by molar-refractivity contribution is 6.29. The van der Waals surface area contributed by atoms with Crippen molar-refractivity contribution in [2.45, 2.75) is 13.8 Å². The standard InChI is InChI=1S/C18H18O4/c1-18(2)15(22-3)11-14(20)16(17(18)21)13(19)10-9-12-7-5-4-6-8-12/h4-11,19H,1-3H3/b10-9-,16-13?. The minimum absolute atomic E-state index is 0.210. The molecule has 0 unspecified atom stereocenters. The number of aliphatic hydroxyl groups is 1. The van der Waals surface area contributed by atoms with Gasteiger partial charge in [-0.3, -0.25) is 9.59 Å². The summed E-state index contributed by atoms with van der Waals surface area (Å²) in [5, 5.41) is 10.1. The molecule has 0 spiro atoms. The van der Waals surface area contributed by atoms with E-state index in [0.717, 1.165) is 5.56 Å². The first-order valence-corrected chi connectivity index (χ1v) is 6.89. The van der Waals surface area contributed by atoms with Crippen molar-refractivity contribution in [1.82, 2.24) is 0 Å². The van der Waals surface area contributed by atoms with Crippen LogP contribution in [0.1, 0.15) is 19.4 Å². The SMILES string of the molecule is COC1=CC(=O)C(=C(O)/C=C\c2ccccc2)C(=O)C1(C)C. The molecule has 0 saturated carbocycles. The average Bonchev–Trinajstić information content (AvgIpc) is 2.50. The molecule has 1 aromatic rings. The Morgan fingerprint density at radius 3 is 2.41 bits per heavy atom. The molecule has 0 bridgehead atoms. The zero-order valence-corrected chi connectivity index (χ0v) is 12.8. The molecule has 114 valence electrons. The van der Waals surface area contributed by atoms with Crippen LogP contribution >= 0.6 is 0 Å². The van der Waals surface area contributed by atoms with Gasteiger partial charge in [-0.1, -0.05) is 36.4 Å². The smallest absolute Gasteiger partial charge is 0.196 e. The van der Waals surface area contributed by atoms with Gasteiger partial charge in [-0.2, -0.15) is 0 Å². The first kappa shape index (κ1) is 15.8. The van der Waals surface area contributed by atoms with Crippen LogP contribution in [-0.4, -0.2) is 23.8 Å². The number of carbonyl (C=O) groups is 2. The van der Waals surface area contributed by atoms with Crippen LogP contribution in [-0.2, 0) is 14.3 Å². The van der Waals surface area contributed by atoms with Crippen molar-refractivity contribution in [3.8, 4) is 0 Å². The number of Topliss-reactive ketones (excluding diaryl/α,β-unsaturated/α-hetero) is 1. The second kappa shape index (κ2) is 6.02. The van der Waals surface area contributed by atoms with E-state index in [1.54, 1.807) is 19.9 Å². The van der Waals surface area contributed by atoms with E-state index in [0.29, 0.717) is 5.76 Å². The maximum Gasteiger partial charge on any atom is 0.196 e. The fraction of sp³-hybridized carbons (Fsp3) is 0.222. The van der Waals surface area contributed by atoms with Gasteiger partial charge >= 0.3 is 0 Å². The summed E-state index contributed by atoms with van der Waals surface area (Å²) in [6.07, 6.45) is 4.26. The zero-order valence-electron chi connectivity index (χ0n) is 12.8. The number of aliphatic hydroxyl groups excluding tert-OH is 1. The monoisotopic (exact) mass is 298 g/mol. The molecule has 0 atom stereocenters. The molecule has 0 aromatic heterocycles. The van der Waals surface area contributed by atoms with Crippen LogP contribution in [0.4, 0.5) is 0 Å². The molecule has 4 nitrogen and oxygen atoms in total. The Labute approximate surface area is 129 Å². The van der Waals surface area contributed by atoms with E-state index in [2.05, 4.69) is 0 Å². The molecule has 22 heavy (non-hydrogen) atoms. The Hall–Kier alpha value is -2.62. The van der Waals surface area contributed by atoms with E-state index in [1.165, 1.54) is 19.3 Å². The lowest BCUT2D eigenvalue weighted by Gasteiger charge is -2.29. The fourth-order valence-corrected chi connectivity index (χ4v) is 2.29. The van der Waals surface area contributed by atoms with Crippen molar-refractivity contribution < 1.29 is 19.4 Å². The number of benzene rings is 1. The van der Waals surface area contributed by atoms with Gasteiger partial charge in [-0.15, -0.1) is 0 Å². The minimum Gasteiger partial charge on any atom is -0.507 e. The van der Waals surface area contributed by atoms with E-state index >= 15 is 0 Å². The Morgan fingerprint density at radius 2 is 1.82 bits per heavy atom. The van der Waals surface area contributed by atoms with Crippen molar-refractivity contribution in [3.63, 3.8) is 0 Å². The van der Waals surface area contributed by atoms with Crippen molar-refractivity contribution in [3.05, 3.63) is 65.1 Å². The third kappa shape index (κ3) is 2.86. The predicted octanol–water partition coefficient (Wildman–Crippen LogP) is 3.22. The zero-order chi connectivity index (χ0) is 16.3. The lowest BCUT2D eigenvalue weighted by atomic mass is 9.76. The number of hydrogen-bond donors (Lipinski definition) is 1. The van der Waals surface area contributed by atoms with Crippen molar-refractivity contribution >= 4 is 17.6 Å². The lowest BCUT2D eigenvalue weighted by molar-refractivity contribution is -0.127. The molecular weight excluding hydrogens is 280 g/mol. The Morgan fingerprint density at radius 1 is 1.18 bits per heavy atom. The number of allylic oxidation sites excluding steroid dienone is 4. The number of carbonyl (C=O) groups excluding carboxylic acids is 2. The second-order valence-electron chi connectivity index (χ2n) is 5.54. The summed E-state index contributed by atoms with van der Waals surface area (Å²) in [5.74, 6) is -1.03. The highest BCUT2D eigenvalue weighted by Crippen LogP contribution is 2.36. The summed E-state index contributed by atoms with van der Waals surface area (Å²) in [6.45, 7) is 3.32. The minimum atomic E-state index is -0.980. The van der Waals surface area contributed by atoms with E-state index in [4.69, 9.17) is 4.74 Å². The highest BCUT2D eigenvalue weighted by atomic mass is 16.5. The van der Waals surface area contributed by atoms with E-state index in [9.17, 15) is 14.7 Å². The molecule has 1 N–H and O–H groups in total. The van der Waals surface area contributed by atoms with Gasteiger partial charge in [0.05, 0.1) is 12.5 Å². The number of hydrogen-bond acceptors (Lipinski definition) is 4. The van der Waals surface area contributed by atoms with Gasteiger partial charge in [0.1, 0.15) is 17.1 Å². The van der Waals surface area contributed by atoms with Gasteiger partial charge in [0, 0.05) is 6.08 Å². The van der Waals surface area contributed by atoms with Crippen LogP contribution < -0.4 is 0 Å². The van der Waals surface area contributed by atoms with Crippen LogP contribution in [0.3, 0.4) is 0 Å². The third-order valence-electron chi connectivity index (χ3n) is 3.63. The molecule has 0 fully saturated rings. The fourth-order valence-electron chi connectivity index (χ4n) is 2.29. The largest absolute Gasteiger partial charge is 0.507 e. The van der Waals surface area contributed by atoms with Gasteiger partial charge in [-0.25, -0.2) is 0 Å². The Kier molecular flexibility index (Phi) is 4.31. The molecule has 0 saturated heterocycles. The Balaban J connectivity index is 2.42. The van der Waals surface area contributed by atoms with Gasteiger partial charge in [0.15, 0.2) is 11.6 Å². The van der Waals surface area contributed by atoms with Crippen LogP contribution in [0.5, 0.6) is 0 Å². The quantitative estimate of drug-likeness (QED) is 0.528. The maximum atomic E-state index is 12.5. The normalized spacial score (nSPS) is 20.0. The van der Waals surface area contributed by atoms with Gasteiger partial charge < -0.3 is 9.84 Å². The number of ether oxygens (including phenoxy) is 1. The third-order valence-corrected chi connectivity index (χ3v) is 3.63. The topological polar surface area (TPSA) is 63.6 Å². The lowest BCUT2D eigenvalue weighted by Crippen LogP contribution is -2.36. The summed E-state index contributed by atoms with van der Waals surface area (Å²) < 4.78 is 5.10. The van der Waals surface area contributed by atoms with E-state index in [-0.39, 0.29) is 11.3 Å². The number of ketones is 2. The number of methoxy groups -OCH3 is 1. The molecular formula is C18H18O4. The average molecular weight is 298 g/mol. The van der Waals surface area contributed by atoms with Crippen LogP contribution in [0, 0.1) is 5.41 Å². The van der Waals surface area contributed by atoms with Gasteiger partial charge in [0.2, 0.25) is 0 Å². The number of rotatable bonds is 3. The van der Waals surface area contributed by atoms with Crippen molar-refractivity contribution in [2.75, 3.05) is 7.11 Å². The van der Waals surface area contributed by atoms with Crippen LogP contribution in [0.25, 0.3) is 6.08 Å². The Bertz CT molecular complexity index is 691. The molecule has 0 amide bonds. The van der Waals surface area contributed by atoms with E-state index in [1.807, 2.05) is 30.3 Å². The summed E-state index contributed by atoms with van der Waals surface area (Å²) in [4.78, 5) is 24.6. The molecule has 1 aromatic carbocycles. The molecule has 0 radical (unpaired) electrons. The second-order valence-corrected chi connectivity index (χ2v) is 5.54. The van der Waals surface area contributed by atoms with Crippen molar-refractivity contribution in [1.29, 1.82) is 0 Å². The molecule has 4 heteroatoms. The summed E-state index contributed by atoms with van der Waals surface area (Å²) in [7, 11) is 1.41. The predicted molar refractivity (Wildman–Crippen MR) is 84.0 cm³/mol. The molecule has 2 rings (SSSR count). The van der Waals surface area contributed by atoms with E-state index < -0.39 is 17.0 Å². The maximum absolute atomic E-state index is 12.5. The van der Waals surface area contributed by atoms with Crippen molar-refractivity contribution in [2.24, 2.45) is 5.41 Å². The van der Waals surface area contributed by atoms with Gasteiger partial charge in [0.25, 0.3) is 0 Å². The first-order valence-electron chi connectivity index (χ1n) is 6.89. The summed E-state index contributed by atoms with van der Waals surface area (Å²) >= 11 is 0. The summed E-state index contributed by atoms with van der Waals surface area (Å²) in [5.41, 5.74) is -0.331. The van der Waals surface area contributed by atoms with Crippen LogP contribution in [0.15, 0.2) is 59.6 Å². The van der Waals surface area contributed by atoms with Crippen LogP contribution in [0.2, 0.25) is 0 Å². The molecule has 1 aliphatic rings. The van der Waals surface area contributed by atoms with Gasteiger partial charge in [-0.05, 0) is 25.5 Å². The molecule has 0 heterocycles. The molecule has 0 aliphatic heterocycles. The highest BCUT2D eigenvalue weighted by Gasteiger charge is 2.43.